The van der Waals surface area contributed by atoms with Gasteiger partial charge in [-0.1, -0.05) is 24.3 Å². The predicted molar refractivity (Wildman–Crippen MR) is 94.1 cm³/mol. The van der Waals surface area contributed by atoms with E-state index in [4.69, 9.17) is 0 Å². The minimum atomic E-state index is -1.07. The van der Waals surface area contributed by atoms with Crippen LogP contribution in [0.4, 0.5) is 15.3 Å². The van der Waals surface area contributed by atoms with E-state index in [-0.39, 0.29) is 12.6 Å². The van der Waals surface area contributed by atoms with Crippen molar-refractivity contribution in [3.05, 3.63) is 42.0 Å². The van der Waals surface area contributed by atoms with Crippen LogP contribution in [0.3, 0.4) is 0 Å². The summed E-state index contributed by atoms with van der Waals surface area (Å²) in [6.07, 6.45) is -0.569. The van der Waals surface area contributed by atoms with Crippen LogP contribution < -0.4 is 4.90 Å². The molecule has 0 spiro atoms. The number of urea groups is 1. The van der Waals surface area contributed by atoms with Crippen molar-refractivity contribution in [3.8, 4) is 6.07 Å². The Morgan fingerprint density at radius 1 is 1.15 bits per heavy atom. The minimum Gasteiger partial charge on any atom is -0.465 e. The summed E-state index contributed by atoms with van der Waals surface area (Å²) < 4.78 is 0. The lowest BCUT2D eigenvalue weighted by atomic mass is 10.0. The fraction of sp³-hybridized carbons (Fsp3) is 0.263. The Kier molecular flexibility index (Phi) is 3.01. The van der Waals surface area contributed by atoms with Gasteiger partial charge in [-0.3, -0.25) is 4.79 Å². The molecule has 5 rings (SSSR count). The summed E-state index contributed by atoms with van der Waals surface area (Å²) >= 11 is 0. The number of nitrogens with zero attached hydrogens (tertiary/aromatic N) is 4. The molecule has 3 aliphatic rings. The number of anilines is 1. The number of nitriles is 1. The van der Waals surface area contributed by atoms with Gasteiger partial charge >= 0.3 is 12.1 Å². The Hall–Kier alpha value is -3.60. The van der Waals surface area contributed by atoms with E-state index >= 15 is 0 Å². The zero-order valence-electron chi connectivity index (χ0n) is 14.1. The predicted octanol–water partition coefficient (Wildman–Crippen LogP) is 1.98. The molecule has 0 radical (unpaired) electrons. The van der Waals surface area contributed by atoms with E-state index in [0.717, 1.165) is 4.90 Å². The van der Waals surface area contributed by atoms with Crippen molar-refractivity contribution in [3.63, 3.8) is 0 Å². The Morgan fingerprint density at radius 2 is 1.89 bits per heavy atom. The number of piperazine rings is 1. The molecule has 134 valence electrons. The molecule has 2 bridgehead atoms. The highest BCUT2D eigenvalue weighted by Gasteiger charge is 2.63. The average molecular weight is 362 g/mol. The molecule has 0 saturated carbocycles. The maximum absolute atomic E-state index is 13.1. The second-order valence-corrected chi connectivity index (χ2v) is 6.99. The molecular formula is C19H14N4O4. The van der Waals surface area contributed by atoms with E-state index in [1.807, 2.05) is 0 Å². The first-order valence-electron chi connectivity index (χ1n) is 8.60. The Morgan fingerprint density at radius 3 is 2.59 bits per heavy atom. The van der Waals surface area contributed by atoms with Crippen molar-refractivity contribution in [2.45, 2.75) is 24.5 Å². The molecule has 4 amide bonds. The average Bonchev–Trinajstić information content (AvgIpc) is 3.33. The molecule has 3 aliphatic heterocycles. The molecule has 2 aromatic rings. The van der Waals surface area contributed by atoms with Crippen molar-refractivity contribution >= 4 is 34.5 Å². The van der Waals surface area contributed by atoms with Crippen LogP contribution in [-0.4, -0.2) is 57.6 Å². The van der Waals surface area contributed by atoms with Crippen LogP contribution in [-0.2, 0) is 4.79 Å². The third-order valence-electron chi connectivity index (χ3n) is 5.77. The van der Waals surface area contributed by atoms with Crippen LogP contribution in [0.2, 0.25) is 0 Å². The van der Waals surface area contributed by atoms with Gasteiger partial charge in [0.1, 0.15) is 6.04 Å². The highest BCUT2D eigenvalue weighted by molar-refractivity contribution is 6.25. The molecule has 0 aliphatic carbocycles. The minimum absolute atomic E-state index is 0.234. The summed E-state index contributed by atoms with van der Waals surface area (Å²) in [5.74, 6) is -0.409. The van der Waals surface area contributed by atoms with Crippen molar-refractivity contribution in [1.82, 2.24) is 9.80 Å². The van der Waals surface area contributed by atoms with Crippen LogP contribution >= 0.6 is 0 Å². The fourth-order valence-corrected chi connectivity index (χ4v) is 4.67. The first-order chi connectivity index (χ1) is 13.0. The molecule has 27 heavy (non-hydrogen) atoms. The van der Waals surface area contributed by atoms with Gasteiger partial charge in [-0.05, 0) is 18.6 Å². The van der Waals surface area contributed by atoms with E-state index in [2.05, 4.69) is 6.07 Å². The van der Waals surface area contributed by atoms with Gasteiger partial charge in [0.2, 0.25) is 0 Å². The Balaban J connectivity index is 1.62. The van der Waals surface area contributed by atoms with Crippen molar-refractivity contribution < 1.29 is 19.5 Å². The second kappa shape index (κ2) is 5.20. The third-order valence-corrected chi connectivity index (χ3v) is 5.77. The largest absolute Gasteiger partial charge is 0.465 e. The van der Waals surface area contributed by atoms with Crippen molar-refractivity contribution in [2.24, 2.45) is 0 Å². The smallest absolute Gasteiger partial charge is 0.407 e. The fourth-order valence-electron chi connectivity index (χ4n) is 4.67. The van der Waals surface area contributed by atoms with Gasteiger partial charge in [0, 0.05) is 17.3 Å². The third kappa shape index (κ3) is 1.88. The van der Waals surface area contributed by atoms with E-state index < -0.39 is 30.1 Å². The first-order valence-corrected chi connectivity index (χ1v) is 8.60. The highest BCUT2D eigenvalue weighted by atomic mass is 16.4. The van der Waals surface area contributed by atoms with Gasteiger partial charge in [-0.15, -0.1) is 0 Å². The van der Waals surface area contributed by atoms with Crippen molar-refractivity contribution in [1.29, 1.82) is 5.26 Å². The van der Waals surface area contributed by atoms with E-state index in [0.29, 0.717) is 28.4 Å². The normalized spacial score (nSPS) is 26.0. The highest BCUT2D eigenvalue weighted by Crippen LogP contribution is 2.43. The number of amides is 4. The van der Waals surface area contributed by atoms with E-state index in [9.17, 15) is 24.8 Å². The topological polar surface area (TPSA) is 105 Å². The lowest BCUT2D eigenvalue weighted by Crippen LogP contribution is -2.54. The number of carbonyl (C=O) groups excluding carboxylic acids is 2. The summed E-state index contributed by atoms with van der Waals surface area (Å²) in [7, 11) is 0. The molecule has 0 unspecified atom stereocenters. The molecule has 8 nitrogen and oxygen atoms in total. The molecule has 0 aromatic heterocycles. The number of fused-ring (bicyclic) bond motifs is 6. The van der Waals surface area contributed by atoms with Crippen LogP contribution in [0.5, 0.6) is 0 Å². The SMILES string of the molecule is N#Cc1ccc(N2C(=O)[C@@H]3[C@@H]4C[C@@H](CN4C(=O)O)N3C2=O)c2ccccc12. The number of carbonyl (C=O) groups is 3. The lowest BCUT2D eigenvalue weighted by molar-refractivity contribution is -0.121. The number of hydrogen-bond donors (Lipinski definition) is 1. The monoisotopic (exact) mass is 362 g/mol. The molecule has 2 aromatic carbocycles. The number of benzene rings is 2. The van der Waals surface area contributed by atoms with Crippen LogP contribution in [0.25, 0.3) is 10.8 Å². The molecule has 3 heterocycles. The van der Waals surface area contributed by atoms with Gasteiger partial charge in [0.25, 0.3) is 5.91 Å². The zero-order valence-corrected chi connectivity index (χ0v) is 14.1. The van der Waals surface area contributed by atoms with Gasteiger partial charge in [0.15, 0.2) is 0 Å². The van der Waals surface area contributed by atoms with Crippen molar-refractivity contribution in [2.75, 3.05) is 11.4 Å². The maximum Gasteiger partial charge on any atom is 0.407 e. The van der Waals surface area contributed by atoms with Gasteiger partial charge < -0.3 is 14.9 Å². The van der Waals surface area contributed by atoms with Gasteiger partial charge in [0.05, 0.1) is 29.4 Å². The molecule has 1 N–H and O–H groups in total. The number of carboxylic acid groups (broad SMARTS) is 1. The number of likely N-dealkylation sites (tertiary alicyclic amines) is 1. The summed E-state index contributed by atoms with van der Waals surface area (Å²) in [6.45, 7) is 0.234. The maximum atomic E-state index is 13.1. The lowest BCUT2D eigenvalue weighted by Gasteiger charge is -2.32. The van der Waals surface area contributed by atoms with Gasteiger partial charge in [-0.25, -0.2) is 14.5 Å². The van der Waals surface area contributed by atoms with E-state index in [1.165, 1.54) is 9.80 Å². The Labute approximate surface area is 153 Å². The van der Waals surface area contributed by atoms with Crippen LogP contribution in [0.1, 0.15) is 12.0 Å². The molecule has 3 fully saturated rings. The summed E-state index contributed by atoms with van der Waals surface area (Å²) in [4.78, 5) is 41.6. The molecule has 8 heteroatoms. The Bertz CT molecular complexity index is 1080. The second-order valence-electron chi connectivity index (χ2n) is 6.99. The zero-order chi connectivity index (χ0) is 18.9. The number of hydrogen-bond acceptors (Lipinski definition) is 4. The summed E-state index contributed by atoms with van der Waals surface area (Å²) in [5.41, 5.74) is 0.890. The molecule has 3 saturated heterocycles. The number of rotatable bonds is 1. The van der Waals surface area contributed by atoms with E-state index in [1.54, 1.807) is 36.4 Å². The van der Waals surface area contributed by atoms with Crippen LogP contribution in [0, 0.1) is 11.3 Å². The quantitative estimate of drug-likeness (QED) is 0.781. The summed E-state index contributed by atoms with van der Waals surface area (Å²) in [5, 5.41) is 20.0. The van der Waals surface area contributed by atoms with Crippen LogP contribution in [0.15, 0.2) is 36.4 Å². The first kappa shape index (κ1) is 15.6. The standard InChI is InChI=1S/C19H14N4O4/c20-8-10-5-6-14(13-4-2-1-3-12(10)13)23-17(24)16-15-7-11(22(16)18(23)25)9-21(15)19(26)27/h1-6,11,15-16H,7,9H2,(H,26,27)/t11-,15-,16-/m0/s1. The molecular weight excluding hydrogens is 348 g/mol. The number of imide groups is 1. The van der Waals surface area contributed by atoms with Gasteiger partial charge in [-0.2, -0.15) is 5.26 Å². The molecule has 3 atom stereocenters. The summed E-state index contributed by atoms with van der Waals surface area (Å²) in [6, 6.07) is 10.5.